The van der Waals surface area contributed by atoms with Crippen LogP contribution in [0.2, 0.25) is 0 Å². The zero-order valence-electron chi connectivity index (χ0n) is 11.0. The highest BCUT2D eigenvalue weighted by Crippen LogP contribution is 2.26. The number of aromatic nitrogens is 2. The normalized spacial score (nSPS) is 12.6. The number of imidazole rings is 1. The zero-order chi connectivity index (χ0) is 12.8. The minimum absolute atomic E-state index is 0.302. The summed E-state index contributed by atoms with van der Waals surface area (Å²) in [6.07, 6.45) is 8.20. The van der Waals surface area contributed by atoms with Crippen LogP contribution in [0.4, 0.5) is 0 Å². The van der Waals surface area contributed by atoms with E-state index in [2.05, 4.69) is 48.1 Å². The lowest BCUT2D eigenvalue weighted by Gasteiger charge is -2.13. The van der Waals surface area contributed by atoms with Crippen molar-refractivity contribution in [3.05, 3.63) is 60.5 Å². The summed E-state index contributed by atoms with van der Waals surface area (Å²) in [5.41, 5.74) is 3.80. The van der Waals surface area contributed by atoms with Gasteiger partial charge in [-0.05, 0) is 30.4 Å². The molecule has 1 radical (unpaired) electrons. The van der Waals surface area contributed by atoms with Crippen molar-refractivity contribution in [3.63, 3.8) is 0 Å². The third-order valence-corrected chi connectivity index (χ3v) is 3.37. The van der Waals surface area contributed by atoms with Gasteiger partial charge in [-0.25, -0.2) is 4.98 Å². The summed E-state index contributed by atoms with van der Waals surface area (Å²) >= 11 is 0. The summed E-state index contributed by atoms with van der Waals surface area (Å²) in [7, 11) is 0. The fourth-order valence-electron chi connectivity index (χ4n) is 2.25. The summed E-state index contributed by atoms with van der Waals surface area (Å²) in [5.74, 6) is 0.302. The standard InChI is InChI=1S/C16H21N2/c1-3-5-6-13-7-9-14(10-8-13)15(4-2)16-11-17-12-18-16/h7-12,15H,2-6H2,1H3,(H,17,18). The van der Waals surface area contributed by atoms with E-state index in [0.29, 0.717) is 5.92 Å². The first-order chi connectivity index (χ1) is 8.85. The Labute approximate surface area is 109 Å². The minimum Gasteiger partial charge on any atom is -0.351 e. The molecular formula is C16H21N2. The molecule has 0 spiro atoms. The van der Waals surface area contributed by atoms with E-state index in [1.807, 2.05) is 6.20 Å². The lowest BCUT2D eigenvalue weighted by atomic mass is 9.92. The van der Waals surface area contributed by atoms with E-state index in [9.17, 15) is 0 Å². The monoisotopic (exact) mass is 241 g/mol. The predicted molar refractivity (Wildman–Crippen MR) is 75.5 cm³/mol. The van der Waals surface area contributed by atoms with Gasteiger partial charge in [-0.15, -0.1) is 0 Å². The van der Waals surface area contributed by atoms with Gasteiger partial charge in [0.05, 0.1) is 12.0 Å². The fourth-order valence-corrected chi connectivity index (χ4v) is 2.25. The van der Waals surface area contributed by atoms with Gasteiger partial charge in [-0.2, -0.15) is 0 Å². The second-order valence-electron chi connectivity index (χ2n) is 4.68. The Morgan fingerprint density at radius 3 is 2.61 bits per heavy atom. The van der Waals surface area contributed by atoms with Gasteiger partial charge >= 0.3 is 0 Å². The molecule has 95 valence electrons. The smallest absolute Gasteiger partial charge is 0.0923 e. The highest BCUT2D eigenvalue weighted by atomic mass is 14.9. The van der Waals surface area contributed by atoms with Crippen LogP contribution in [0.25, 0.3) is 0 Å². The van der Waals surface area contributed by atoms with E-state index in [0.717, 1.165) is 12.1 Å². The molecule has 1 unspecified atom stereocenters. The molecule has 0 saturated carbocycles. The third-order valence-electron chi connectivity index (χ3n) is 3.37. The van der Waals surface area contributed by atoms with E-state index >= 15 is 0 Å². The molecule has 0 aliphatic heterocycles. The highest BCUT2D eigenvalue weighted by Gasteiger charge is 2.13. The molecule has 0 bridgehead atoms. The van der Waals surface area contributed by atoms with Gasteiger partial charge in [0.2, 0.25) is 0 Å². The lowest BCUT2D eigenvalue weighted by molar-refractivity contribution is 0.785. The van der Waals surface area contributed by atoms with E-state index in [-0.39, 0.29) is 0 Å². The summed E-state index contributed by atoms with van der Waals surface area (Å²) in [6.45, 7) is 6.26. The van der Waals surface area contributed by atoms with Crippen molar-refractivity contribution in [2.45, 2.75) is 38.5 Å². The molecule has 1 aromatic heterocycles. The minimum atomic E-state index is 0.302. The Morgan fingerprint density at radius 2 is 2.06 bits per heavy atom. The number of hydrogen-bond acceptors (Lipinski definition) is 1. The fraction of sp³-hybridized carbons (Fsp3) is 0.375. The van der Waals surface area contributed by atoms with Crippen molar-refractivity contribution >= 4 is 0 Å². The van der Waals surface area contributed by atoms with E-state index < -0.39 is 0 Å². The Hall–Kier alpha value is -1.57. The van der Waals surface area contributed by atoms with Crippen molar-refractivity contribution in [1.29, 1.82) is 0 Å². The van der Waals surface area contributed by atoms with Crippen molar-refractivity contribution < 1.29 is 0 Å². The predicted octanol–water partition coefficient (Wildman–Crippen LogP) is 4.11. The maximum Gasteiger partial charge on any atom is 0.0923 e. The number of aryl methyl sites for hydroxylation is 1. The lowest BCUT2D eigenvalue weighted by Crippen LogP contribution is -2.00. The molecule has 0 aliphatic carbocycles. The van der Waals surface area contributed by atoms with Crippen LogP contribution in [0.3, 0.4) is 0 Å². The van der Waals surface area contributed by atoms with Crippen molar-refractivity contribution in [2.75, 3.05) is 0 Å². The molecule has 1 N–H and O–H groups in total. The van der Waals surface area contributed by atoms with Gasteiger partial charge in [0, 0.05) is 12.1 Å². The van der Waals surface area contributed by atoms with Crippen molar-refractivity contribution in [3.8, 4) is 0 Å². The SMILES string of the molecule is [CH2]CC(c1ccc(CCCC)cc1)c1c[nH]cn1. The first-order valence-corrected chi connectivity index (χ1v) is 6.72. The number of nitrogens with one attached hydrogen (secondary N) is 1. The number of hydrogen-bond donors (Lipinski definition) is 1. The Balaban J connectivity index is 2.12. The van der Waals surface area contributed by atoms with Gasteiger partial charge in [-0.3, -0.25) is 0 Å². The van der Waals surface area contributed by atoms with E-state index in [4.69, 9.17) is 0 Å². The van der Waals surface area contributed by atoms with Gasteiger partial charge in [0.1, 0.15) is 0 Å². The molecule has 0 aliphatic rings. The van der Waals surface area contributed by atoms with Crippen molar-refractivity contribution in [1.82, 2.24) is 9.97 Å². The average molecular weight is 241 g/mol. The van der Waals surface area contributed by atoms with E-state index in [1.165, 1.54) is 30.4 Å². The van der Waals surface area contributed by atoms with Gasteiger partial charge in [-0.1, -0.05) is 44.5 Å². The van der Waals surface area contributed by atoms with Crippen LogP contribution in [0.15, 0.2) is 36.8 Å². The number of benzene rings is 1. The molecular weight excluding hydrogens is 220 g/mol. The summed E-state index contributed by atoms with van der Waals surface area (Å²) in [5, 5.41) is 0. The van der Waals surface area contributed by atoms with E-state index in [1.54, 1.807) is 6.33 Å². The summed E-state index contributed by atoms with van der Waals surface area (Å²) < 4.78 is 0. The molecule has 1 aromatic carbocycles. The molecule has 18 heavy (non-hydrogen) atoms. The first-order valence-electron chi connectivity index (χ1n) is 6.72. The number of rotatable bonds is 6. The number of nitrogens with zero attached hydrogens (tertiary/aromatic N) is 1. The number of H-pyrrole nitrogens is 1. The molecule has 0 amide bonds. The molecule has 2 nitrogen and oxygen atoms in total. The summed E-state index contributed by atoms with van der Waals surface area (Å²) in [4.78, 5) is 7.35. The average Bonchev–Trinajstić information content (AvgIpc) is 2.93. The Morgan fingerprint density at radius 1 is 1.28 bits per heavy atom. The zero-order valence-corrected chi connectivity index (χ0v) is 11.0. The molecule has 2 aromatic rings. The van der Waals surface area contributed by atoms with Gasteiger partial charge < -0.3 is 4.98 Å². The van der Waals surface area contributed by atoms with Crippen LogP contribution in [0, 0.1) is 6.92 Å². The van der Waals surface area contributed by atoms with Crippen LogP contribution < -0.4 is 0 Å². The molecule has 2 rings (SSSR count). The molecule has 1 heterocycles. The number of unbranched alkanes of at least 4 members (excludes halogenated alkanes) is 1. The largest absolute Gasteiger partial charge is 0.351 e. The molecule has 0 fully saturated rings. The second-order valence-corrected chi connectivity index (χ2v) is 4.68. The van der Waals surface area contributed by atoms with Crippen LogP contribution >= 0.6 is 0 Å². The third kappa shape index (κ3) is 3.00. The first kappa shape index (κ1) is 12.9. The molecule has 1 atom stereocenters. The molecule has 2 heteroatoms. The van der Waals surface area contributed by atoms with Crippen molar-refractivity contribution in [2.24, 2.45) is 0 Å². The number of aromatic amines is 1. The van der Waals surface area contributed by atoms with Crippen LogP contribution in [-0.2, 0) is 6.42 Å². The Kier molecular flexibility index (Phi) is 4.57. The summed E-state index contributed by atoms with van der Waals surface area (Å²) in [6, 6.07) is 8.91. The second kappa shape index (κ2) is 6.39. The van der Waals surface area contributed by atoms with Crippen LogP contribution in [0.1, 0.15) is 48.9 Å². The topological polar surface area (TPSA) is 28.7 Å². The van der Waals surface area contributed by atoms with Gasteiger partial charge in [0.15, 0.2) is 0 Å². The van der Waals surface area contributed by atoms with Crippen LogP contribution in [0.5, 0.6) is 0 Å². The Bertz CT molecular complexity index is 442. The van der Waals surface area contributed by atoms with Crippen LogP contribution in [-0.4, -0.2) is 9.97 Å². The quantitative estimate of drug-likeness (QED) is 0.810. The molecule has 0 saturated heterocycles. The maximum atomic E-state index is 4.34. The highest BCUT2D eigenvalue weighted by molar-refractivity contribution is 5.30. The van der Waals surface area contributed by atoms with Gasteiger partial charge in [0.25, 0.3) is 0 Å². The maximum absolute atomic E-state index is 4.34.